The van der Waals surface area contributed by atoms with Crippen LogP contribution in [-0.2, 0) is 22.4 Å². The first kappa shape index (κ1) is 19.5. The molecule has 4 rings (SSSR count). The second-order valence-corrected chi connectivity index (χ2v) is 8.57. The van der Waals surface area contributed by atoms with Crippen LogP contribution >= 0.6 is 11.8 Å². The Kier molecular flexibility index (Phi) is 6.68. The summed E-state index contributed by atoms with van der Waals surface area (Å²) in [5, 5.41) is 3.26. The molecule has 2 aliphatic rings. The standard InChI is InChI=1S/C23H28N2O2S/c26-23(17-28-21-10-9-18-7-4-8-20(18)15-21)24-22(19-5-2-1-3-6-19)16-25-11-13-27-14-12-25/h1-3,5-6,9-10,15,22H,4,7-8,11-14,16-17H2,(H,24,26)/t22-/m1/s1. The Morgan fingerprint density at radius 1 is 1.07 bits per heavy atom. The fourth-order valence-corrected chi connectivity index (χ4v) is 4.76. The van der Waals surface area contributed by atoms with Gasteiger partial charge in [-0.2, -0.15) is 0 Å². The number of amides is 1. The third-order valence-corrected chi connectivity index (χ3v) is 6.52. The summed E-state index contributed by atoms with van der Waals surface area (Å²) >= 11 is 1.63. The number of hydrogen-bond donors (Lipinski definition) is 1. The van der Waals surface area contributed by atoms with Crippen molar-refractivity contribution in [1.29, 1.82) is 0 Å². The Morgan fingerprint density at radius 2 is 1.86 bits per heavy atom. The van der Waals surface area contributed by atoms with Gasteiger partial charge in [-0.1, -0.05) is 36.4 Å². The predicted molar refractivity (Wildman–Crippen MR) is 114 cm³/mol. The van der Waals surface area contributed by atoms with Gasteiger partial charge in [-0.15, -0.1) is 11.8 Å². The Balaban J connectivity index is 1.36. The monoisotopic (exact) mass is 396 g/mol. The molecule has 148 valence electrons. The van der Waals surface area contributed by atoms with E-state index in [0.717, 1.165) is 38.4 Å². The largest absolute Gasteiger partial charge is 0.379 e. The van der Waals surface area contributed by atoms with E-state index in [0.29, 0.717) is 5.75 Å². The summed E-state index contributed by atoms with van der Waals surface area (Å²) in [6.07, 6.45) is 3.62. The van der Waals surface area contributed by atoms with Crippen molar-refractivity contribution in [3.8, 4) is 0 Å². The number of carbonyl (C=O) groups is 1. The SMILES string of the molecule is O=C(CSc1ccc2c(c1)CCC2)N[C@H](CN1CCOCC1)c1ccccc1. The van der Waals surface area contributed by atoms with Gasteiger partial charge in [-0.25, -0.2) is 0 Å². The summed E-state index contributed by atoms with van der Waals surface area (Å²) in [4.78, 5) is 16.3. The molecule has 1 fully saturated rings. The van der Waals surface area contributed by atoms with Crippen LogP contribution in [0.2, 0.25) is 0 Å². The maximum absolute atomic E-state index is 12.7. The van der Waals surface area contributed by atoms with Crippen LogP contribution in [0.4, 0.5) is 0 Å². The van der Waals surface area contributed by atoms with Crippen molar-refractivity contribution >= 4 is 17.7 Å². The van der Waals surface area contributed by atoms with Gasteiger partial charge in [0.2, 0.25) is 5.91 Å². The summed E-state index contributed by atoms with van der Waals surface area (Å²) in [6, 6.07) is 16.9. The van der Waals surface area contributed by atoms with Crippen molar-refractivity contribution in [2.75, 3.05) is 38.6 Å². The minimum Gasteiger partial charge on any atom is -0.379 e. The molecule has 1 aliphatic carbocycles. The Morgan fingerprint density at radius 3 is 2.68 bits per heavy atom. The van der Waals surface area contributed by atoms with Gasteiger partial charge in [-0.3, -0.25) is 9.69 Å². The van der Waals surface area contributed by atoms with Gasteiger partial charge >= 0.3 is 0 Å². The van der Waals surface area contributed by atoms with Crippen LogP contribution in [0.25, 0.3) is 0 Å². The van der Waals surface area contributed by atoms with Crippen molar-refractivity contribution in [3.05, 3.63) is 65.2 Å². The third-order valence-electron chi connectivity index (χ3n) is 5.52. The summed E-state index contributed by atoms with van der Waals surface area (Å²) in [7, 11) is 0. The lowest BCUT2D eigenvalue weighted by atomic mass is 10.1. The number of morpholine rings is 1. The van der Waals surface area contributed by atoms with Crippen LogP contribution in [0.3, 0.4) is 0 Å². The van der Waals surface area contributed by atoms with Crippen LogP contribution in [-0.4, -0.2) is 49.4 Å². The number of thioether (sulfide) groups is 1. The number of fused-ring (bicyclic) bond motifs is 1. The van der Waals surface area contributed by atoms with Gasteiger partial charge in [0.05, 0.1) is 25.0 Å². The average molecular weight is 397 g/mol. The second kappa shape index (κ2) is 9.59. The maximum atomic E-state index is 12.7. The molecule has 2 aromatic rings. The van der Waals surface area contributed by atoms with E-state index in [4.69, 9.17) is 4.74 Å². The molecule has 28 heavy (non-hydrogen) atoms. The zero-order valence-electron chi connectivity index (χ0n) is 16.2. The summed E-state index contributed by atoms with van der Waals surface area (Å²) < 4.78 is 5.45. The highest BCUT2D eigenvalue weighted by molar-refractivity contribution is 8.00. The van der Waals surface area contributed by atoms with Gasteiger partial charge in [0.15, 0.2) is 0 Å². The van der Waals surface area contributed by atoms with E-state index < -0.39 is 0 Å². The number of rotatable bonds is 7. The smallest absolute Gasteiger partial charge is 0.230 e. The number of aryl methyl sites for hydroxylation is 2. The summed E-state index contributed by atoms with van der Waals surface area (Å²) in [6.45, 7) is 4.20. The minimum absolute atomic E-state index is 0.00687. The molecule has 1 atom stereocenters. The highest BCUT2D eigenvalue weighted by atomic mass is 32.2. The van der Waals surface area contributed by atoms with Gasteiger partial charge in [0.1, 0.15) is 0 Å². The van der Waals surface area contributed by atoms with E-state index in [9.17, 15) is 4.79 Å². The molecular formula is C23H28N2O2S. The number of carbonyl (C=O) groups excluding carboxylic acids is 1. The fraction of sp³-hybridized carbons (Fsp3) is 0.435. The number of nitrogens with one attached hydrogen (secondary N) is 1. The van der Waals surface area contributed by atoms with Crippen LogP contribution in [0, 0.1) is 0 Å². The normalized spacial score (nSPS) is 17.9. The molecule has 0 radical (unpaired) electrons. The molecule has 2 aromatic carbocycles. The Labute approximate surface area is 171 Å². The van der Waals surface area contributed by atoms with Gasteiger partial charge in [-0.05, 0) is 48.1 Å². The van der Waals surface area contributed by atoms with Crippen LogP contribution < -0.4 is 5.32 Å². The van der Waals surface area contributed by atoms with E-state index in [1.807, 2.05) is 18.2 Å². The Hall–Kier alpha value is -1.82. The van der Waals surface area contributed by atoms with Crippen molar-refractivity contribution in [1.82, 2.24) is 10.2 Å². The van der Waals surface area contributed by atoms with E-state index in [2.05, 4.69) is 40.5 Å². The van der Waals surface area contributed by atoms with E-state index in [1.54, 1.807) is 11.8 Å². The lowest BCUT2D eigenvalue weighted by Crippen LogP contribution is -2.43. The van der Waals surface area contributed by atoms with Crippen LogP contribution in [0.5, 0.6) is 0 Å². The Bertz CT molecular complexity index is 790. The van der Waals surface area contributed by atoms with E-state index in [1.165, 1.54) is 35.3 Å². The van der Waals surface area contributed by atoms with Crippen LogP contribution in [0.1, 0.15) is 29.2 Å². The lowest BCUT2D eigenvalue weighted by Gasteiger charge is -2.31. The summed E-state index contributed by atoms with van der Waals surface area (Å²) in [5.41, 5.74) is 4.09. The van der Waals surface area contributed by atoms with Gasteiger partial charge in [0.25, 0.3) is 0 Å². The van der Waals surface area contributed by atoms with Crippen LogP contribution in [0.15, 0.2) is 53.4 Å². The molecule has 0 aromatic heterocycles. The first-order chi connectivity index (χ1) is 13.8. The molecule has 1 heterocycles. The quantitative estimate of drug-likeness (QED) is 0.728. The molecule has 1 N–H and O–H groups in total. The minimum atomic E-state index is 0.00687. The molecule has 0 saturated carbocycles. The van der Waals surface area contributed by atoms with Crippen molar-refractivity contribution in [2.24, 2.45) is 0 Å². The number of ether oxygens (including phenoxy) is 1. The molecular weight excluding hydrogens is 368 g/mol. The highest BCUT2D eigenvalue weighted by Crippen LogP contribution is 2.27. The molecule has 1 amide bonds. The molecule has 0 spiro atoms. The van der Waals surface area contributed by atoms with Crippen molar-refractivity contribution in [2.45, 2.75) is 30.2 Å². The zero-order chi connectivity index (χ0) is 19.2. The van der Waals surface area contributed by atoms with Gasteiger partial charge in [0, 0.05) is 24.5 Å². The number of hydrogen-bond acceptors (Lipinski definition) is 4. The van der Waals surface area contributed by atoms with E-state index >= 15 is 0 Å². The summed E-state index contributed by atoms with van der Waals surface area (Å²) in [5.74, 6) is 0.540. The maximum Gasteiger partial charge on any atom is 0.230 e. The zero-order valence-corrected chi connectivity index (χ0v) is 17.0. The number of nitrogens with zero attached hydrogens (tertiary/aromatic N) is 1. The highest BCUT2D eigenvalue weighted by Gasteiger charge is 2.20. The molecule has 5 heteroatoms. The second-order valence-electron chi connectivity index (χ2n) is 7.52. The fourth-order valence-electron chi connectivity index (χ4n) is 3.98. The molecule has 1 aliphatic heterocycles. The van der Waals surface area contributed by atoms with Crippen molar-refractivity contribution in [3.63, 3.8) is 0 Å². The average Bonchev–Trinajstić information content (AvgIpc) is 3.21. The predicted octanol–water partition coefficient (Wildman–Crippen LogP) is 3.46. The lowest BCUT2D eigenvalue weighted by molar-refractivity contribution is -0.119. The van der Waals surface area contributed by atoms with Gasteiger partial charge < -0.3 is 10.1 Å². The molecule has 0 bridgehead atoms. The van der Waals surface area contributed by atoms with Crippen molar-refractivity contribution < 1.29 is 9.53 Å². The molecule has 0 unspecified atom stereocenters. The first-order valence-electron chi connectivity index (χ1n) is 10.2. The van der Waals surface area contributed by atoms with E-state index in [-0.39, 0.29) is 11.9 Å². The topological polar surface area (TPSA) is 41.6 Å². The molecule has 4 nitrogen and oxygen atoms in total. The number of benzene rings is 2. The molecule has 1 saturated heterocycles. The third kappa shape index (κ3) is 5.16. The first-order valence-corrected chi connectivity index (χ1v) is 11.2.